The molecule has 3 rings (SSSR count). The van der Waals surface area contributed by atoms with E-state index in [9.17, 15) is 25.2 Å². The van der Waals surface area contributed by atoms with E-state index >= 15 is 0 Å². The Morgan fingerprint density at radius 2 is 1.18 bits per heavy atom. The largest absolute Gasteiger partial charge is 2.00 e. The van der Waals surface area contributed by atoms with Crippen molar-refractivity contribution >= 4 is 7.81 Å². The van der Waals surface area contributed by atoms with Crippen molar-refractivity contribution in [2.24, 2.45) is 0 Å². The fourth-order valence-electron chi connectivity index (χ4n) is 2.39. The summed E-state index contributed by atoms with van der Waals surface area (Å²) in [7, 11) is -6.51. The number of nitrogens with zero attached hydrogens (tertiary/aromatic N) is 5. The molecule has 0 N–H and O–H groups in total. The number of nitriles is 2. The third-order valence-electron chi connectivity index (χ3n) is 3.82. The van der Waals surface area contributed by atoms with Crippen LogP contribution in [0.2, 0.25) is 0 Å². The minimum absolute atomic E-state index is 0. The summed E-state index contributed by atoms with van der Waals surface area (Å²) in [5.41, 5.74) is 4.66. The van der Waals surface area contributed by atoms with E-state index in [1.165, 1.54) is 25.0 Å². The molecule has 40 heavy (non-hydrogen) atoms. The van der Waals surface area contributed by atoms with E-state index in [0.717, 1.165) is 17.9 Å². The first-order valence-electron chi connectivity index (χ1n) is 11.3. The fraction of sp³-hybridized carbons (Fsp3) is 0.333. The molecule has 0 bridgehead atoms. The molecule has 5 nitrogen and oxygen atoms in total. The molecule has 3 aromatic rings. The number of aromatic nitrogens is 2. The number of hydrogen-bond acceptors (Lipinski definition) is 5. The summed E-state index contributed by atoms with van der Waals surface area (Å²) in [5, 5.41) is 14.6. The van der Waals surface area contributed by atoms with Crippen LogP contribution >= 0.6 is 7.81 Å². The predicted octanol–water partition coefficient (Wildman–Crippen LogP) is 9.43. The maximum absolute atomic E-state index is 10.7. The molecule has 0 aliphatic rings. The van der Waals surface area contributed by atoms with Crippen LogP contribution in [0.4, 0.5) is 25.2 Å². The van der Waals surface area contributed by atoms with Gasteiger partial charge in [-0.3, -0.25) is 9.97 Å². The van der Waals surface area contributed by atoms with Crippen molar-refractivity contribution < 1.29 is 44.7 Å². The minimum Gasteiger partial charge on any atom is -0.255 e. The molecule has 1 aromatic carbocycles. The fourth-order valence-corrected chi connectivity index (χ4v) is 2.39. The van der Waals surface area contributed by atoms with Crippen molar-refractivity contribution in [2.45, 2.75) is 46.6 Å². The second-order valence-electron chi connectivity index (χ2n) is 8.93. The average molecular weight is 675 g/mol. The van der Waals surface area contributed by atoms with Crippen molar-refractivity contribution in [3.8, 4) is 23.5 Å². The van der Waals surface area contributed by atoms with Gasteiger partial charge < -0.3 is 4.90 Å². The van der Waals surface area contributed by atoms with Crippen LogP contribution < -0.4 is 0 Å². The van der Waals surface area contributed by atoms with Gasteiger partial charge in [0.05, 0.1) is 23.5 Å². The normalized spacial score (nSPS) is 11.6. The molecule has 0 fully saturated rings. The van der Waals surface area contributed by atoms with E-state index in [2.05, 4.69) is 74.0 Å². The zero-order valence-electron chi connectivity index (χ0n) is 23.4. The predicted molar refractivity (Wildman–Crippen MR) is 145 cm³/mol. The Bertz CT molecular complexity index is 1100. The van der Waals surface area contributed by atoms with Gasteiger partial charge in [0.15, 0.2) is 0 Å². The maximum Gasteiger partial charge on any atom is 2.00 e. The zero-order chi connectivity index (χ0) is 30.8. The van der Waals surface area contributed by atoms with Gasteiger partial charge in [0.1, 0.15) is 0 Å². The van der Waals surface area contributed by atoms with Crippen molar-refractivity contribution in [2.75, 3.05) is 14.1 Å². The third kappa shape index (κ3) is 29.6. The van der Waals surface area contributed by atoms with Crippen LogP contribution in [0.15, 0.2) is 67.0 Å². The van der Waals surface area contributed by atoms with Crippen LogP contribution in [0, 0.1) is 28.7 Å². The Morgan fingerprint density at radius 3 is 1.40 bits per heavy atom. The van der Waals surface area contributed by atoms with Crippen LogP contribution in [0.1, 0.15) is 45.7 Å². The number of hydrogen-bond donors (Lipinski definition) is 0. The number of halogens is 6. The topological polar surface area (TPSA) is 76.6 Å². The minimum atomic E-state index is -10.7. The molecule has 0 saturated carbocycles. The van der Waals surface area contributed by atoms with Gasteiger partial charge in [-0.15, -0.1) is 5.56 Å². The number of benzene rings is 1. The Hall–Kier alpha value is -2.91. The van der Waals surface area contributed by atoms with Crippen LogP contribution in [-0.4, -0.2) is 29.0 Å². The van der Waals surface area contributed by atoms with Gasteiger partial charge in [-0.1, -0.05) is 38.3 Å². The molecular formula is C27H34F6N5PRu. The third-order valence-corrected chi connectivity index (χ3v) is 3.82. The number of rotatable bonds is 3. The van der Waals surface area contributed by atoms with E-state index in [0.29, 0.717) is 0 Å². The first-order valence-corrected chi connectivity index (χ1v) is 13.3. The molecule has 222 valence electrons. The molecule has 0 atom stereocenters. The molecule has 0 unspecified atom stereocenters. The van der Waals surface area contributed by atoms with Gasteiger partial charge in [-0.2, -0.15) is 40.4 Å². The molecule has 0 saturated heterocycles. The molecular weight excluding hydrogens is 640 g/mol. The monoisotopic (exact) mass is 675 g/mol. The Labute approximate surface area is 245 Å². The summed E-state index contributed by atoms with van der Waals surface area (Å²) in [6, 6.07) is 24.9. The average Bonchev–Trinajstić information content (AvgIpc) is 2.79. The molecule has 0 amide bonds. The summed E-state index contributed by atoms with van der Waals surface area (Å²) >= 11 is 0. The Balaban J connectivity index is -0.000000478. The maximum atomic E-state index is 9.87. The van der Waals surface area contributed by atoms with Gasteiger partial charge in [-0.05, 0) is 38.4 Å². The zero-order valence-corrected chi connectivity index (χ0v) is 26.0. The second-order valence-corrected chi connectivity index (χ2v) is 10.8. The summed E-state index contributed by atoms with van der Waals surface area (Å²) in [4.78, 5) is 10.5. The van der Waals surface area contributed by atoms with Gasteiger partial charge in [-0.25, -0.2) is 0 Å². The van der Waals surface area contributed by atoms with E-state index < -0.39 is 7.81 Å². The van der Waals surface area contributed by atoms with Crippen molar-refractivity contribution in [1.82, 2.24) is 14.9 Å². The van der Waals surface area contributed by atoms with Crippen molar-refractivity contribution in [1.29, 1.82) is 10.5 Å². The Morgan fingerprint density at radius 1 is 0.800 bits per heavy atom. The number of pyridine rings is 2. The van der Waals surface area contributed by atoms with Gasteiger partial charge >= 0.3 is 52.5 Å². The molecule has 0 aliphatic carbocycles. The van der Waals surface area contributed by atoms with E-state index in [1.54, 1.807) is 24.5 Å². The van der Waals surface area contributed by atoms with Crippen LogP contribution in [0.3, 0.4) is 0 Å². The van der Waals surface area contributed by atoms with E-state index in [-0.39, 0.29) is 24.9 Å². The SMILES string of the molecule is CC#N.CC#N.CN(C)Cc1[c-]cc(C(C)(C)C)cc1.F[P-](F)(F)(F)(F)F.[Ru+2].c1ccc(-c2ccccn2)nc1. The molecule has 0 spiro atoms. The molecule has 0 aliphatic heterocycles. The standard InChI is InChI=1S/C13H20N.C10H8N2.2C2H3N.F6P.Ru/c1-13(2,3)12-8-6-11(7-9-12)10-14(4)5;1-3-7-11-9(5-1)10-6-2-4-8-12-10;2*1-2-3;1-7(2,3,4,5)6;/h6,8-9H,10H2,1-5H3;1-8H;2*1H3;;/q-1;;;;-1;+2. The van der Waals surface area contributed by atoms with Crippen LogP contribution in [0.25, 0.3) is 11.4 Å². The summed E-state index contributed by atoms with van der Waals surface area (Å²) < 4.78 is 59.2. The van der Waals surface area contributed by atoms with Gasteiger partial charge in [0.25, 0.3) is 0 Å². The molecule has 2 aromatic heterocycles. The van der Waals surface area contributed by atoms with E-state index in [4.69, 9.17) is 10.5 Å². The summed E-state index contributed by atoms with van der Waals surface area (Å²) in [6.07, 6.45) is 3.54. The van der Waals surface area contributed by atoms with Crippen molar-refractivity contribution in [3.05, 3.63) is 84.2 Å². The van der Waals surface area contributed by atoms with Crippen molar-refractivity contribution in [3.63, 3.8) is 0 Å². The van der Waals surface area contributed by atoms with Gasteiger partial charge in [0.2, 0.25) is 0 Å². The molecule has 13 heteroatoms. The summed E-state index contributed by atoms with van der Waals surface area (Å²) in [6.45, 7) is 10.5. The summed E-state index contributed by atoms with van der Waals surface area (Å²) in [5.74, 6) is 0. The Kier molecular flexibility index (Phi) is 18.4. The first-order chi connectivity index (χ1) is 17.6. The molecule has 2 heterocycles. The molecule has 0 radical (unpaired) electrons. The van der Waals surface area contributed by atoms with Crippen LogP contribution in [0.5, 0.6) is 0 Å². The van der Waals surface area contributed by atoms with Crippen LogP contribution in [-0.2, 0) is 31.4 Å². The quantitative estimate of drug-likeness (QED) is 0.120. The first kappa shape index (κ1) is 41.6. The van der Waals surface area contributed by atoms with E-state index in [1.807, 2.05) is 36.4 Å². The second kappa shape index (κ2) is 17.7. The van der Waals surface area contributed by atoms with Gasteiger partial charge in [0, 0.05) is 32.8 Å². The smallest absolute Gasteiger partial charge is 0.255 e.